The number of methoxy groups -OCH3 is 1. The lowest BCUT2D eigenvalue weighted by Crippen LogP contribution is -2.42. The highest BCUT2D eigenvalue weighted by Crippen LogP contribution is 2.29. The van der Waals surface area contributed by atoms with Gasteiger partial charge in [-0.05, 0) is 48.6 Å². The van der Waals surface area contributed by atoms with Crippen molar-refractivity contribution >= 4 is 58.0 Å². The number of rotatable bonds is 8. The van der Waals surface area contributed by atoms with Gasteiger partial charge in [-0.1, -0.05) is 17.7 Å². The van der Waals surface area contributed by atoms with E-state index in [0.717, 1.165) is 0 Å². The van der Waals surface area contributed by atoms with Crippen molar-refractivity contribution in [3.05, 3.63) is 53.6 Å². The van der Waals surface area contributed by atoms with Gasteiger partial charge in [0.05, 0.1) is 19.2 Å². The number of carbonyl (C=O) groups excluding carboxylic acids is 3. The number of halogens is 1. The lowest BCUT2D eigenvalue weighted by molar-refractivity contribution is -0.124. The maximum Gasteiger partial charge on any atom is 0.256 e. The van der Waals surface area contributed by atoms with Gasteiger partial charge in [-0.25, -0.2) is 0 Å². The Bertz CT molecular complexity index is 1030. The Morgan fingerprint density at radius 2 is 1.91 bits per heavy atom. The molecule has 0 aromatic heterocycles. The predicted molar refractivity (Wildman–Crippen MR) is 127 cm³/mol. The maximum absolute atomic E-state index is 13.3. The maximum atomic E-state index is 13.3. The summed E-state index contributed by atoms with van der Waals surface area (Å²) >= 11 is 11.5. The molecule has 2 aromatic carbocycles. The number of ether oxygens (including phenoxy) is 1. The Labute approximate surface area is 196 Å². The standard InChI is InChI=1S/C22H23ClN4O4S/c1-14(28)24-10-11-26-19(13-20(29)25-16-8-6-15(23)7-9-16)21(30)27(22(26)32)17-4-3-5-18(12-17)31-2/h3-9,12,19H,10-11,13H2,1-2H3,(H,24,28)(H,25,29)/t19-/m1/s1. The number of nitrogens with zero attached hydrogens (tertiary/aromatic N) is 2. The average Bonchev–Trinajstić information content (AvgIpc) is 2.99. The van der Waals surface area contributed by atoms with Crippen molar-refractivity contribution in [3.8, 4) is 5.75 Å². The summed E-state index contributed by atoms with van der Waals surface area (Å²) in [5.74, 6) is -0.280. The minimum atomic E-state index is -0.810. The van der Waals surface area contributed by atoms with Gasteiger partial charge in [0.1, 0.15) is 11.8 Å². The van der Waals surface area contributed by atoms with Gasteiger partial charge in [-0.2, -0.15) is 0 Å². The summed E-state index contributed by atoms with van der Waals surface area (Å²) in [4.78, 5) is 40.4. The van der Waals surface area contributed by atoms with E-state index >= 15 is 0 Å². The molecule has 0 radical (unpaired) electrons. The van der Waals surface area contributed by atoms with E-state index in [1.165, 1.54) is 18.9 Å². The number of thiocarbonyl (C=S) groups is 1. The first-order valence-corrected chi connectivity index (χ1v) is 10.7. The molecule has 0 spiro atoms. The molecule has 168 valence electrons. The molecule has 1 aliphatic heterocycles. The van der Waals surface area contributed by atoms with E-state index in [4.69, 9.17) is 28.6 Å². The molecule has 3 rings (SSSR count). The first kappa shape index (κ1) is 23.5. The van der Waals surface area contributed by atoms with Crippen molar-refractivity contribution in [1.82, 2.24) is 10.2 Å². The molecule has 3 amide bonds. The first-order chi connectivity index (χ1) is 15.3. The summed E-state index contributed by atoms with van der Waals surface area (Å²) in [6.07, 6.45) is -0.109. The number of carbonyl (C=O) groups is 3. The van der Waals surface area contributed by atoms with E-state index in [1.807, 2.05) is 0 Å². The minimum Gasteiger partial charge on any atom is -0.497 e. The van der Waals surface area contributed by atoms with Crippen LogP contribution in [0, 0.1) is 0 Å². The second-order valence-corrected chi connectivity index (χ2v) is 7.91. The van der Waals surface area contributed by atoms with Crippen LogP contribution in [-0.2, 0) is 14.4 Å². The van der Waals surface area contributed by atoms with Crippen LogP contribution >= 0.6 is 23.8 Å². The summed E-state index contributed by atoms with van der Waals surface area (Å²) in [6.45, 7) is 1.97. The monoisotopic (exact) mass is 474 g/mol. The zero-order chi connectivity index (χ0) is 23.3. The van der Waals surface area contributed by atoms with Gasteiger partial charge in [0, 0.05) is 36.8 Å². The lowest BCUT2D eigenvalue weighted by Gasteiger charge is -2.24. The predicted octanol–water partition coefficient (Wildman–Crippen LogP) is 2.82. The molecule has 1 saturated heterocycles. The molecule has 2 N–H and O–H groups in total. The Morgan fingerprint density at radius 3 is 2.56 bits per heavy atom. The van der Waals surface area contributed by atoms with Crippen LogP contribution in [0.5, 0.6) is 5.75 Å². The van der Waals surface area contributed by atoms with Crippen LogP contribution in [0.1, 0.15) is 13.3 Å². The SMILES string of the molecule is COc1cccc(N2C(=O)[C@@H](CC(=O)Nc3ccc(Cl)cc3)N(CCNC(C)=O)C2=S)c1. The summed E-state index contributed by atoms with van der Waals surface area (Å²) in [6, 6.07) is 12.8. The van der Waals surface area contributed by atoms with E-state index in [1.54, 1.807) is 53.4 Å². The second kappa shape index (κ2) is 10.4. The number of hydrogen-bond donors (Lipinski definition) is 2. The number of amides is 3. The van der Waals surface area contributed by atoms with Crippen molar-refractivity contribution in [2.45, 2.75) is 19.4 Å². The third-order valence-corrected chi connectivity index (χ3v) is 5.53. The Kier molecular flexibility index (Phi) is 7.66. The lowest BCUT2D eigenvalue weighted by atomic mass is 10.1. The molecule has 8 nitrogen and oxygen atoms in total. The Hall–Kier alpha value is -3.17. The van der Waals surface area contributed by atoms with Crippen LogP contribution in [0.2, 0.25) is 5.02 Å². The van der Waals surface area contributed by atoms with Crippen LogP contribution in [0.3, 0.4) is 0 Å². The Balaban J connectivity index is 1.81. The van der Waals surface area contributed by atoms with E-state index in [2.05, 4.69) is 10.6 Å². The van der Waals surface area contributed by atoms with Crippen molar-refractivity contribution in [1.29, 1.82) is 0 Å². The Morgan fingerprint density at radius 1 is 1.19 bits per heavy atom. The van der Waals surface area contributed by atoms with E-state index in [9.17, 15) is 14.4 Å². The summed E-state index contributed by atoms with van der Waals surface area (Å²) in [5, 5.41) is 6.28. The smallest absolute Gasteiger partial charge is 0.256 e. The fourth-order valence-corrected chi connectivity index (χ4v) is 3.89. The van der Waals surface area contributed by atoms with Crippen molar-refractivity contribution in [2.75, 3.05) is 30.4 Å². The molecule has 10 heteroatoms. The molecule has 1 heterocycles. The normalized spacial score (nSPS) is 15.7. The average molecular weight is 475 g/mol. The molecule has 1 atom stereocenters. The van der Waals surface area contributed by atoms with Gasteiger partial charge in [0.15, 0.2) is 5.11 Å². The van der Waals surface area contributed by atoms with E-state index in [0.29, 0.717) is 22.1 Å². The number of hydrogen-bond acceptors (Lipinski definition) is 5. The molecule has 2 aromatic rings. The van der Waals surface area contributed by atoms with Gasteiger partial charge >= 0.3 is 0 Å². The highest BCUT2D eigenvalue weighted by atomic mass is 35.5. The quantitative estimate of drug-likeness (QED) is 0.572. The molecule has 0 aliphatic carbocycles. The molecule has 32 heavy (non-hydrogen) atoms. The molecule has 0 bridgehead atoms. The topological polar surface area (TPSA) is 91.0 Å². The van der Waals surface area contributed by atoms with Crippen molar-refractivity contribution < 1.29 is 19.1 Å². The van der Waals surface area contributed by atoms with Crippen LogP contribution in [-0.4, -0.2) is 54.0 Å². The zero-order valence-corrected chi connectivity index (χ0v) is 19.2. The highest BCUT2D eigenvalue weighted by molar-refractivity contribution is 7.80. The van der Waals surface area contributed by atoms with Crippen molar-refractivity contribution in [2.24, 2.45) is 0 Å². The first-order valence-electron chi connectivity index (χ1n) is 9.88. The van der Waals surface area contributed by atoms with Gasteiger partial charge in [0.25, 0.3) is 5.91 Å². The summed E-state index contributed by atoms with van der Waals surface area (Å²) < 4.78 is 5.25. The fraction of sp³-hybridized carbons (Fsp3) is 0.273. The number of nitrogens with one attached hydrogen (secondary N) is 2. The van der Waals surface area contributed by atoms with Gasteiger partial charge in [-0.15, -0.1) is 0 Å². The third-order valence-electron chi connectivity index (χ3n) is 4.86. The molecule has 1 fully saturated rings. The zero-order valence-electron chi connectivity index (χ0n) is 17.6. The third kappa shape index (κ3) is 5.54. The largest absolute Gasteiger partial charge is 0.497 e. The van der Waals surface area contributed by atoms with E-state index < -0.39 is 6.04 Å². The summed E-state index contributed by atoms with van der Waals surface area (Å²) in [7, 11) is 1.53. The molecule has 0 saturated carbocycles. The van der Waals surface area contributed by atoms with Crippen LogP contribution in [0.25, 0.3) is 0 Å². The van der Waals surface area contributed by atoms with Crippen LogP contribution in [0.4, 0.5) is 11.4 Å². The van der Waals surface area contributed by atoms with Gasteiger partial charge < -0.3 is 20.3 Å². The minimum absolute atomic E-state index is 0.109. The summed E-state index contributed by atoms with van der Waals surface area (Å²) in [5.41, 5.74) is 1.12. The van der Waals surface area contributed by atoms with Crippen LogP contribution < -0.4 is 20.3 Å². The fourth-order valence-electron chi connectivity index (χ4n) is 3.35. The van der Waals surface area contributed by atoms with Gasteiger partial charge in [0.2, 0.25) is 11.8 Å². The van der Waals surface area contributed by atoms with Crippen molar-refractivity contribution in [3.63, 3.8) is 0 Å². The van der Waals surface area contributed by atoms with Gasteiger partial charge in [-0.3, -0.25) is 19.3 Å². The molecule has 1 aliphatic rings. The highest BCUT2D eigenvalue weighted by Gasteiger charge is 2.44. The van der Waals surface area contributed by atoms with E-state index in [-0.39, 0.29) is 42.3 Å². The van der Waals surface area contributed by atoms with Crippen LogP contribution in [0.15, 0.2) is 48.5 Å². The second-order valence-electron chi connectivity index (χ2n) is 7.11. The number of benzene rings is 2. The number of anilines is 2. The molecular weight excluding hydrogens is 452 g/mol. The molecular formula is C22H23ClN4O4S. The molecule has 0 unspecified atom stereocenters.